The first-order valence-electron chi connectivity index (χ1n) is 8.84. The molecule has 0 radical (unpaired) electrons. The number of ketones is 1. The first kappa shape index (κ1) is 13.3. The summed E-state index contributed by atoms with van der Waals surface area (Å²) in [7, 11) is 0. The first-order chi connectivity index (χ1) is 9.71. The highest BCUT2D eigenvalue weighted by atomic mass is 16.5. The molecular weight excluding hydrogens is 248 g/mol. The van der Waals surface area contributed by atoms with Crippen molar-refractivity contribution in [2.75, 3.05) is 6.61 Å². The summed E-state index contributed by atoms with van der Waals surface area (Å²) in [5, 5.41) is 0. The molecule has 1 atom stereocenters. The molecule has 4 saturated carbocycles. The van der Waals surface area contributed by atoms with Crippen molar-refractivity contribution < 1.29 is 9.53 Å². The van der Waals surface area contributed by atoms with E-state index in [2.05, 4.69) is 0 Å². The molecule has 0 spiro atoms. The highest BCUT2D eigenvalue weighted by molar-refractivity contribution is 5.79. The second kappa shape index (κ2) is 5.12. The summed E-state index contributed by atoms with van der Waals surface area (Å²) >= 11 is 0. The molecule has 5 fully saturated rings. The van der Waals surface area contributed by atoms with Gasteiger partial charge in [-0.25, -0.2) is 0 Å². The fraction of sp³-hybridized carbons (Fsp3) is 0.944. The van der Waals surface area contributed by atoms with Crippen LogP contribution in [0.2, 0.25) is 0 Å². The molecule has 4 bridgehead atoms. The Morgan fingerprint density at radius 1 is 1.05 bits per heavy atom. The first-order valence-corrected chi connectivity index (χ1v) is 8.84. The summed E-state index contributed by atoms with van der Waals surface area (Å²) in [6.45, 7) is 0.911. The quantitative estimate of drug-likeness (QED) is 0.755. The highest BCUT2D eigenvalue weighted by Gasteiger charge is 2.51. The second-order valence-electron chi connectivity index (χ2n) is 8.31. The van der Waals surface area contributed by atoms with Gasteiger partial charge in [0.15, 0.2) is 0 Å². The van der Waals surface area contributed by atoms with Gasteiger partial charge in [0.05, 0.1) is 6.10 Å². The van der Waals surface area contributed by atoms with Crippen molar-refractivity contribution >= 4 is 5.78 Å². The molecule has 1 unspecified atom stereocenters. The van der Waals surface area contributed by atoms with Crippen molar-refractivity contribution in [1.29, 1.82) is 0 Å². The minimum Gasteiger partial charge on any atom is -0.378 e. The maximum Gasteiger partial charge on any atom is 0.133 e. The molecule has 112 valence electrons. The van der Waals surface area contributed by atoms with E-state index in [1.807, 2.05) is 0 Å². The molecule has 0 aromatic carbocycles. The van der Waals surface area contributed by atoms with Crippen molar-refractivity contribution in [3.8, 4) is 0 Å². The summed E-state index contributed by atoms with van der Waals surface area (Å²) in [5.41, 5.74) is 0.433. The van der Waals surface area contributed by atoms with Crippen molar-refractivity contribution in [2.24, 2.45) is 23.2 Å². The monoisotopic (exact) mass is 276 g/mol. The van der Waals surface area contributed by atoms with E-state index in [1.165, 1.54) is 51.4 Å². The minimum atomic E-state index is 0.385. The number of carbonyl (C=O) groups is 1. The van der Waals surface area contributed by atoms with E-state index in [1.54, 1.807) is 0 Å². The predicted molar refractivity (Wildman–Crippen MR) is 78.4 cm³/mol. The molecule has 0 aromatic rings. The third kappa shape index (κ3) is 2.56. The van der Waals surface area contributed by atoms with Gasteiger partial charge in [0.2, 0.25) is 0 Å². The van der Waals surface area contributed by atoms with E-state index in [0.29, 0.717) is 17.3 Å². The van der Waals surface area contributed by atoms with Gasteiger partial charge in [-0.1, -0.05) is 0 Å². The lowest BCUT2D eigenvalue weighted by Crippen LogP contribution is -2.46. The third-order valence-electron chi connectivity index (χ3n) is 6.51. The van der Waals surface area contributed by atoms with Gasteiger partial charge in [0.25, 0.3) is 0 Å². The van der Waals surface area contributed by atoms with Crippen LogP contribution in [0.5, 0.6) is 0 Å². The number of carbonyl (C=O) groups excluding carboxylic acids is 1. The van der Waals surface area contributed by atoms with Crippen LogP contribution in [0.3, 0.4) is 0 Å². The Kier molecular flexibility index (Phi) is 3.41. The number of Topliss-reactive ketones (excluding diaryl/α,β-unsaturated/α-hetero) is 1. The number of ether oxygens (including phenoxy) is 1. The number of rotatable bonds is 5. The predicted octanol–water partition coefficient (Wildman–Crippen LogP) is 4.12. The summed E-state index contributed by atoms with van der Waals surface area (Å²) in [6.07, 6.45) is 13.9. The molecule has 4 aliphatic carbocycles. The molecule has 5 rings (SSSR count). The molecular formula is C18H28O2. The molecule has 0 N–H and O–H groups in total. The van der Waals surface area contributed by atoms with Crippen LogP contribution in [0.25, 0.3) is 0 Å². The molecule has 1 saturated heterocycles. The third-order valence-corrected chi connectivity index (χ3v) is 6.51. The van der Waals surface area contributed by atoms with Crippen molar-refractivity contribution in [3.63, 3.8) is 0 Å². The van der Waals surface area contributed by atoms with E-state index >= 15 is 0 Å². The molecule has 5 aliphatic rings. The van der Waals surface area contributed by atoms with Crippen molar-refractivity contribution in [1.82, 2.24) is 0 Å². The summed E-state index contributed by atoms with van der Waals surface area (Å²) in [6, 6.07) is 0. The molecule has 20 heavy (non-hydrogen) atoms. The van der Waals surface area contributed by atoms with Crippen LogP contribution in [0.15, 0.2) is 0 Å². The zero-order valence-electron chi connectivity index (χ0n) is 12.6. The standard InChI is InChI=1S/C18H28O2/c19-16(3-4-17-2-1-5-20-17)12-18-9-13-6-14(10-18)8-15(7-13)11-18/h13-15,17H,1-12H2. The lowest BCUT2D eigenvalue weighted by atomic mass is 9.48. The maximum atomic E-state index is 12.4. The highest BCUT2D eigenvalue weighted by Crippen LogP contribution is 2.61. The molecule has 2 heteroatoms. The topological polar surface area (TPSA) is 26.3 Å². The fourth-order valence-corrected chi connectivity index (χ4v) is 6.21. The zero-order chi connectivity index (χ0) is 13.6. The number of hydrogen-bond acceptors (Lipinski definition) is 2. The van der Waals surface area contributed by atoms with Crippen LogP contribution >= 0.6 is 0 Å². The van der Waals surface area contributed by atoms with E-state index in [-0.39, 0.29) is 0 Å². The largest absolute Gasteiger partial charge is 0.378 e. The van der Waals surface area contributed by atoms with Gasteiger partial charge in [0, 0.05) is 19.4 Å². The lowest BCUT2D eigenvalue weighted by molar-refractivity contribution is -0.127. The SMILES string of the molecule is O=C(CCC1CCCO1)CC12CC3CC(CC(C3)C1)C2. The summed E-state index contributed by atoms with van der Waals surface area (Å²) in [5.74, 6) is 3.43. The molecule has 2 nitrogen and oxygen atoms in total. The normalized spacial score (nSPS) is 46.0. The molecule has 1 heterocycles. The van der Waals surface area contributed by atoms with E-state index < -0.39 is 0 Å². The van der Waals surface area contributed by atoms with Crippen LogP contribution in [0.1, 0.15) is 70.6 Å². The zero-order valence-corrected chi connectivity index (χ0v) is 12.6. The van der Waals surface area contributed by atoms with Gasteiger partial charge in [-0.3, -0.25) is 4.79 Å². The average Bonchev–Trinajstić information content (AvgIpc) is 2.87. The van der Waals surface area contributed by atoms with Crippen molar-refractivity contribution in [3.05, 3.63) is 0 Å². The van der Waals surface area contributed by atoms with Gasteiger partial charge in [-0.15, -0.1) is 0 Å². The van der Waals surface area contributed by atoms with E-state index in [0.717, 1.165) is 43.6 Å². The Hall–Kier alpha value is -0.370. The van der Waals surface area contributed by atoms with E-state index in [9.17, 15) is 4.79 Å². The number of hydrogen-bond donors (Lipinski definition) is 0. The van der Waals surface area contributed by atoms with Crippen LogP contribution in [-0.4, -0.2) is 18.5 Å². The van der Waals surface area contributed by atoms with Crippen LogP contribution in [0, 0.1) is 23.2 Å². The summed E-state index contributed by atoms with van der Waals surface area (Å²) < 4.78 is 5.64. The van der Waals surface area contributed by atoms with Crippen LogP contribution < -0.4 is 0 Å². The second-order valence-corrected chi connectivity index (χ2v) is 8.31. The van der Waals surface area contributed by atoms with Gasteiger partial charge in [-0.2, -0.15) is 0 Å². The smallest absolute Gasteiger partial charge is 0.133 e. The summed E-state index contributed by atoms with van der Waals surface area (Å²) in [4.78, 5) is 12.4. The lowest BCUT2D eigenvalue weighted by Gasteiger charge is -2.56. The van der Waals surface area contributed by atoms with Crippen LogP contribution in [0.4, 0.5) is 0 Å². The minimum absolute atomic E-state index is 0.385. The average molecular weight is 276 g/mol. The Morgan fingerprint density at radius 2 is 1.70 bits per heavy atom. The Morgan fingerprint density at radius 3 is 2.25 bits per heavy atom. The Bertz CT molecular complexity index is 346. The van der Waals surface area contributed by atoms with Crippen molar-refractivity contribution in [2.45, 2.75) is 76.7 Å². The molecule has 1 aliphatic heterocycles. The van der Waals surface area contributed by atoms with Gasteiger partial charge >= 0.3 is 0 Å². The van der Waals surface area contributed by atoms with Gasteiger partial charge < -0.3 is 4.74 Å². The Labute approximate surface area is 122 Å². The Balaban J connectivity index is 1.32. The van der Waals surface area contributed by atoms with Gasteiger partial charge in [0.1, 0.15) is 5.78 Å². The molecule has 0 amide bonds. The van der Waals surface area contributed by atoms with Gasteiger partial charge in [-0.05, 0) is 81.0 Å². The maximum absolute atomic E-state index is 12.4. The fourth-order valence-electron chi connectivity index (χ4n) is 6.21. The van der Waals surface area contributed by atoms with Crippen LogP contribution in [-0.2, 0) is 9.53 Å². The van der Waals surface area contributed by atoms with E-state index in [4.69, 9.17) is 4.74 Å². The molecule has 0 aromatic heterocycles.